The van der Waals surface area contributed by atoms with Crippen molar-refractivity contribution in [1.29, 1.82) is 0 Å². The van der Waals surface area contributed by atoms with Crippen molar-refractivity contribution in [3.63, 3.8) is 0 Å². The normalized spacial score (nSPS) is 10.1. The van der Waals surface area contributed by atoms with Gasteiger partial charge in [-0.15, -0.1) is 6.58 Å². The SMILES string of the molecule is C=CCNCCCCOc1ccc(C)cc1. The zero-order chi connectivity index (χ0) is 11.6. The number of ether oxygens (including phenoxy) is 1. The Bertz CT molecular complexity index is 292. The van der Waals surface area contributed by atoms with Gasteiger partial charge < -0.3 is 10.1 Å². The van der Waals surface area contributed by atoms with Crippen molar-refractivity contribution in [2.45, 2.75) is 19.8 Å². The molecule has 88 valence electrons. The van der Waals surface area contributed by atoms with Crippen LogP contribution < -0.4 is 10.1 Å². The molecule has 0 saturated heterocycles. The fourth-order valence-corrected chi connectivity index (χ4v) is 1.38. The van der Waals surface area contributed by atoms with Crippen LogP contribution in [0.2, 0.25) is 0 Å². The summed E-state index contributed by atoms with van der Waals surface area (Å²) >= 11 is 0. The number of unbranched alkanes of at least 4 members (excludes halogenated alkanes) is 1. The summed E-state index contributed by atoms with van der Waals surface area (Å²) < 4.78 is 5.62. The maximum Gasteiger partial charge on any atom is 0.119 e. The van der Waals surface area contributed by atoms with Gasteiger partial charge in [0.1, 0.15) is 5.75 Å². The number of nitrogens with one attached hydrogen (secondary N) is 1. The van der Waals surface area contributed by atoms with E-state index in [1.807, 2.05) is 18.2 Å². The third-order valence-electron chi connectivity index (χ3n) is 2.33. The molecule has 0 heterocycles. The monoisotopic (exact) mass is 219 g/mol. The van der Waals surface area contributed by atoms with E-state index in [9.17, 15) is 0 Å². The Balaban J connectivity index is 2.02. The van der Waals surface area contributed by atoms with E-state index in [1.165, 1.54) is 5.56 Å². The van der Waals surface area contributed by atoms with E-state index in [0.717, 1.165) is 38.3 Å². The molecule has 0 radical (unpaired) electrons. The second-order valence-corrected chi connectivity index (χ2v) is 3.86. The fourth-order valence-electron chi connectivity index (χ4n) is 1.38. The summed E-state index contributed by atoms with van der Waals surface area (Å²) in [6.45, 7) is 8.44. The van der Waals surface area contributed by atoms with Crippen LogP contribution >= 0.6 is 0 Å². The van der Waals surface area contributed by atoms with Crippen LogP contribution in [-0.2, 0) is 0 Å². The summed E-state index contributed by atoms with van der Waals surface area (Å²) in [4.78, 5) is 0. The van der Waals surface area contributed by atoms with Gasteiger partial charge in [-0.25, -0.2) is 0 Å². The minimum atomic E-state index is 0.791. The molecule has 1 aromatic rings. The second kappa shape index (κ2) is 7.94. The van der Waals surface area contributed by atoms with E-state index in [1.54, 1.807) is 0 Å². The van der Waals surface area contributed by atoms with E-state index in [-0.39, 0.29) is 0 Å². The average molecular weight is 219 g/mol. The number of rotatable bonds is 8. The summed E-state index contributed by atoms with van der Waals surface area (Å²) in [6.07, 6.45) is 4.10. The number of hydrogen-bond donors (Lipinski definition) is 1. The first-order chi connectivity index (χ1) is 7.83. The maximum absolute atomic E-state index is 5.62. The van der Waals surface area contributed by atoms with Gasteiger partial charge in [-0.1, -0.05) is 23.8 Å². The lowest BCUT2D eigenvalue weighted by molar-refractivity contribution is 0.306. The summed E-state index contributed by atoms with van der Waals surface area (Å²) in [5, 5.41) is 3.27. The van der Waals surface area contributed by atoms with Crippen LogP contribution in [0.4, 0.5) is 0 Å². The summed E-state index contributed by atoms with van der Waals surface area (Å²) in [5.41, 5.74) is 1.26. The summed E-state index contributed by atoms with van der Waals surface area (Å²) in [6, 6.07) is 8.18. The van der Waals surface area contributed by atoms with E-state index in [2.05, 4.69) is 31.0 Å². The van der Waals surface area contributed by atoms with E-state index >= 15 is 0 Å². The van der Waals surface area contributed by atoms with Crippen molar-refractivity contribution in [1.82, 2.24) is 5.32 Å². The van der Waals surface area contributed by atoms with Crippen molar-refractivity contribution in [3.8, 4) is 5.75 Å². The van der Waals surface area contributed by atoms with Gasteiger partial charge in [0.25, 0.3) is 0 Å². The Morgan fingerprint density at radius 3 is 2.69 bits per heavy atom. The molecule has 0 amide bonds. The molecule has 1 aromatic carbocycles. The molecule has 0 unspecified atom stereocenters. The van der Waals surface area contributed by atoms with Gasteiger partial charge in [0.2, 0.25) is 0 Å². The Hall–Kier alpha value is -1.28. The maximum atomic E-state index is 5.62. The molecule has 2 heteroatoms. The van der Waals surface area contributed by atoms with Crippen LogP contribution in [0.5, 0.6) is 5.75 Å². The van der Waals surface area contributed by atoms with Crippen molar-refractivity contribution in [2.75, 3.05) is 19.7 Å². The first-order valence-corrected chi connectivity index (χ1v) is 5.84. The molecule has 0 saturated carbocycles. The molecular weight excluding hydrogens is 198 g/mol. The number of aryl methyl sites for hydroxylation is 1. The zero-order valence-electron chi connectivity index (χ0n) is 10.0. The molecule has 1 N–H and O–H groups in total. The minimum absolute atomic E-state index is 0.791. The third kappa shape index (κ3) is 5.56. The Morgan fingerprint density at radius 2 is 2.00 bits per heavy atom. The van der Waals surface area contributed by atoms with Gasteiger partial charge >= 0.3 is 0 Å². The number of benzene rings is 1. The lowest BCUT2D eigenvalue weighted by Crippen LogP contribution is -2.15. The quantitative estimate of drug-likeness (QED) is 0.536. The molecule has 0 aliphatic carbocycles. The third-order valence-corrected chi connectivity index (χ3v) is 2.33. The van der Waals surface area contributed by atoms with Crippen LogP contribution in [0.1, 0.15) is 18.4 Å². The standard InChI is InChI=1S/C14H21NO/c1-3-10-15-11-4-5-12-16-14-8-6-13(2)7-9-14/h3,6-9,15H,1,4-5,10-12H2,2H3. The molecule has 0 spiro atoms. The highest BCUT2D eigenvalue weighted by atomic mass is 16.5. The second-order valence-electron chi connectivity index (χ2n) is 3.86. The fraction of sp³-hybridized carbons (Fsp3) is 0.429. The molecular formula is C14H21NO. The Morgan fingerprint density at radius 1 is 1.25 bits per heavy atom. The van der Waals surface area contributed by atoms with E-state index < -0.39 is 0 Å². The van der Waals surface area contributed by atoms with Gasteiger partial charge in [0.05, 0.1) is 6.61 Å². The first-order valence-electron chi connectivity index (χ1n) is 5.84. The van der Waals surface area contributed by atoms with Gasteiger partial charge in [-0.2, -0.15) is 0 Å². The van der Waals surface area contributed by atoms with Crippen LogP contribution in [0.25, 0.3) is 0 Å². The number of hydrogen-bond acceptors (Lipinski definition) is 2. The van der Waals surface area contributed by atoms with Gasteiger partial charge in [-0.3, -0.25) is 0 Å². The molecule has 0 fully saturated rings. The lowest BCUT2D eigenvalue weighted by Gasteiger charge is -2.06. The molecule has 0 aromatic heterocycles. The van der Waals surface area contributed by atoms with Crippen LogP contribution in [0.15, 0.2) is 36.9 Å². The molecule has 16 heavy (non-hydrogen) atoms. The van der Waals surface area contributed by atoms with Crippen molar-refractivity contribution < 1.29 is 4.74 Å². The van der Waals surface area contributed by atoms with Crippen LogP contribution in [0, 0.1) is 6.92 Å². The highest BCUT2D eigenvalue weighted by Crippen LogP contribution is 2.11. The lowest BCUT2D eigenvalue weighted by atomic mass is 10.2. The summed E-state index contributed by atoms with van der Waals surface area (Å²) in [5.74, 6) is 0.963. The molecule has 0 aliphatic rings. The molecule has 0 aliphatic heterocycles. The van der Waals surface area contributed by atoms with Gasteiger partial charge in [0.15, 0.2) is 0 Å². The smallest absolute Gasteiger partial charge is 0.119 e. The predicted molar refractivity (Wildman–Crippen MR) is 69.0 cm³/mol. The first kappa shape index (κ1) is 12.8. The van der Waals surface area contributed by atoms with Crippen LogP contribution in [0.3, 0.4) is 0 Å². The molecule has 2 nitrogen and oxygen atoms in total. The highest BCUT2D eigenvalue weighted by Gasteiger charge is 1.93. The van der Waals surface area contributed by atoms with Gasteiger partial charge in [0, 0.05) is 6.54 Å². The Labute approximate surface area is 98.3 Å². The van der Waals surface area contributed by atoms with E-state index in [0.29, 0.717) is 0 Å². The van der Waals surface area contributed by atoms with E-state index in [4.69, 9.17) is 4.74 Å². The highest BCUT2D eigenvalue weighted by molar-refractivity contribution is 5.26. The molecule has 0 atom stereocenters. The Kier molecular flexibility index (Phi) is 6.35. The minimum Gasteiger partial charge on any atom is -0.494 e. The summed E-state index contributed by atoms with van der Waals surface area (Å²) in [7, 11) is 0. The van der Waals surface area contributed by atoms with Gasteiger partial charge in [-0.05, 0) is 38.4 Å². The van der Waals surface area contributed by atoms with Crippen molar-refractivity contribution >= 4 is 0 Å². The molecule has 1 rings (SSSR count). The average Bonchev–Trinajstić information content (AvgIpc) is 2.30. The molecule has 0 bridgehead atoms. The predicted octanol–water partition coefficient (Wildman–Crippen LogP) is 2.93. The van der Waals surface area contributed by atoms with Crippen LogP contribution in [-0.4, -0.2) is 19.7 Å². The van der Waals surface area contributed by atoms with Crippen molar-refractivity contribution in [3.05, 3.63) is 42.5 Å². The zero-order valence-corrected chi connectivity index (χ0v) is 10.0. The van der Waals surface area contributed by atoms with Crippen molar-refractivity contribution in [2.24, 2.45) is 0 Å². The largest absolute Gasteiger partial charge is 0.494 e. The topological polar surface area (TPSA) is 21.3 Å².